The number of hydrogen-bond donors (Lipinski definition) is 1. The lowest BCUT2D eigenvalue weighted by Gasteiger charge is -2.33. The number of halogens is 6. The van der Waals surface area contributed by atoms with E-state index in [0.29, 0.717) is 5.65 Å². The Bertz CT molecular complexity index is 1350. The van der Waals surface area contributed by atoms with Gasteiger partial charge < -0.3 is 24.1 Å². The Morgan fingerprint density at radius 2 is 1.90 bits per heavy atom. The number of amides is 2. The molecule has 2 unspecified atom stereocenters. The van der Waals surface area contributed by atoms with Gasteiger partial charge in [-0.1, -0.05) is 0 Å². The van der Waals surface area contributed by atoms with Crippen molar-refractivity contribution in [2.45, 2.75) is 44.2 Å². The van der Waals surface area contributed by atoms with E-state index in [1.807, 2.05) is 0 Å². The van der Waals surface area contributed by atoms with Crippen LogP contribution in [-0.2, 0) is 0 Å². The molecule has 3 aromatic rings. The number of pyridine rings is 1. The number of urea groups is 1. The molecule has 2 atom stereocenters. The van der Waals surface area contributed by atoms with Crippen molar-refractivity contribution in [3.63, 3.8) is 0 Å². The first-order valence-corrected chi connectivity index (χ1v) is 11.3. The highest BCUT2D eigenvalue weighted by molar-refractivity contribution is 5.76. The van der Waals surface area contributed by atoms with Crippen molar-refractivity contribution in [1.82, 2.24) is 29.6 Å². The van der Waals surface area contributed by atoms with E-state index in [1.54, 1.807) is 11.5 Å². The Morgan fingerprint density at radius 3 is 2.46 bits per heavy atom. The first-order chi connectivity index (χ1) is 18.3. The van der Waals surface area contributed by atoms with Crippen molar-refractivity contribution in [2.75, 3.05) is 20.8 Å². The molecule has 210 valence electrons. The van der Waals surface area contributed by atoms with Crippen molar-refractivity contribution in [2.24, 2.45) is 0 Å². The summed E-state index contributed by atoms with van der Waals surface area (Å²) in [7, 11) is 2.59. The molecule has 3 heterocycles. The fourth-order valence-electron chi connectivity index (χ4n) is 3.85. The molecule has 3 rings (SSSR count). The minimum atomic E-state index is -5.13. The molecular formula is C23H23F6N7O3. The number of methoxy groups -OCH3 is 2. The van der Waals surface area contributed by atoms with Crippen LogP contribution in [0.25, 0.3) is 16.9 Å². The van der Waals surface area contributed by atoms with Gasteiger partial charge in [0.1, 0.15) is 11.8 Å². The summed E-state index contributed by atoms with van der Waals surface area (Å²) in [5, 5.41) is 10.2. The predicted octanol–water partition coefficient (Wildman–Crippen LogP) is 4.68. The molecule has 0 aliphatic heterocycles. The molecule has 39 heavy (non-hydrogen) atoms. The van der Waals surface area contributed by atoms with Gasteiger partial charge in [-0.3, -0.25) is 4.98 Å². The molecule has 0 fully saturated rings. The van der Waals surface area contributed by atoms with Gasteiger partial charge in [0.2, 0.25) is 0 Å². The van der Waals surface area contributed by atoms with Crippen molar-refractivity contribution >= 4 is 11.7 Å². The van der Waals surface area contributed by atoms with Crippen LogP contribution >= 0.6 is 0 Å². The molecular weight excluding hydrogens is 536 g/mol. The molecule has 0 bridgehead atoms. The molecule has 0 aliphatic rings. The van der Waals surface area contributed by atoms with Crippen LogP contribution < -0.4 is 14.8 Å². The second-order valence-electron chi connectivity index (χ2n) is 8.07. The van der Waals surface area contributed by atoms with Crippen molar-refractivity contribution in [3.8, 4) is 29.0 Å². The fourth-order valence-corrected chi connectivity index (χ4v) is 3.85. The van der Waals surface area contributed by atoms with E-state index >= 15 is 0 Å². The van der Waals surface area contributed by atoms with Crippen molar-refractivity contribution < 1.29 is 40.6 Å². The molecule has 0 aromatic carbocycles. The minimum absolute atomic E-state index is 0.0369. The van der Waals surface area contributed by atoms with Gasteiger partial charge in [-0.25, -0.2) is 14.8 Å². The summed E-state index contributed by atoms with van der Waals surface area (Å²) in [5.74, 6) is 0.102. The Kier molecular flexibility index (Phi) is 8.72. The summed E-state index contributed by atoms with van der Waals surface area (Å²) in [6, 6.07) is -4.36. The van der Waals surface area contributed by atoms with Crippen LogP contribution in [0.3, 0.4) is 0 Å². The Morgan fingerprint density at radius 1 is 1.18 bits per heavy atom. The molecule has 0 saturated carbocycles. The number of hydrogen-bond acceptors (Lipinski definition) is 7. The van der Waals surface area contributed by atoms with Gasteiger partial charge in [-0.15, -0.1) is 0 Å². The highest BCUT2D eigenvalue weighted by Gasteiger charge is 2.49. The van der Waals surface area contributed by atoms with Gasteiger partial charge in [0.15, 0.2) is 11.7 Å². The zero-order valence-electron chi connectivity index (χ0n) is 20.8. The zero-order valence-corrected chi connectivity index (χ0v) is 20.8. The van der Waals surface area contributed by atoms with E-state index in [4.69, 9.17) is 14.7 Å². The molecule has 0 saturated heterocycles. The van der Waals surface area contributed by atoms with Crippen LogP contribution in [0.2, 0.25) is 0 Å². The number of carbonyl (C=O) groups is 1. The van der Waals surface area contributed by atoms with Crippen LogP contribution in [0.5, 0.6) is 11.6 Å². The topological polar surface area (TPSA) is 118 Å². The third kappa shape index (κ3) is 6.41. The lowest BCUT2D eigenvalue weighted by atomic mass is 10.1. The summed E-state index contributed by atoms with van der Waals surface area (Å²) < 4.78 is 95.3. The number of imidazole rings is 1. The van der Waals surface area contributed by atoms with Gasteiger partial charge in [-0.05, 0) is 19.4 Å². The van der Waals surface area contributed by atoms with Crippen LogP contribution in [0.4, 0.5) is 31.1 Å². The van der Waals surface area contributed by atoms with Gasteiger partial charge in [0.25, 0.3) is 5.88 Å². The summed E-state index contributed by atoms with van der Waals surface area (Å²) in [5.41, 5.74) is -0.196. The normalized spacial score (nSPS) is 13.4. The number of aromatic nitrogens is 4. The van der Waals surface area contributed by atoms with Gasteiger partial charge in [0.05, 0.1) is 37.9 Å². The van der Waals surface area contributed by atoms with Crippen LogP contribution in [0, 0.1) is 11.3 Å². The maximum absolute atomic E-state index is 14.4. The van der Waals surface area contributed by atoms with Gasteiger partial charge in [0, 0.05) is 37.1 Å². The second kappa shape index (κ2) is 11.6. The molecule has 10 nitrogen and oxygen atoms in total. The average Bonchev–Trinajstić information content (AvgIpc) is 3.36. The molecule has 0 aliphatic carbocycles. The quantitative estimate of drug-likeness (QED) is 0.379. The smallest absolute Gasteiger partial charge is 0.414 e. The maximum Gasteiger partial charge on any atom is 0.414 e. The fraction of sp³-hybridized carbons (Fsp3) is 0.435. The number of carbonyl (C=O) groups excluding carboxylic acids is 1. The summed E-state index contributed by atoms with van der Waals surface area (Å²) in [6.45, 7) is 0.564. The van der Waals surface area contributed by atoms with E-state index in [0.717, 1.165) is 12.3 Å². The Labute approximate surface area is 218 Å². The molecule has 0 spiro atoms. The van der Waals surface area contributed by atoms with E-state index in [1.165, 1.54) is 44.0 Å². The lowest BCUT2D eigenvalue weighted by Crippen LogP contribution is -2.53. The van der Waals surface area contributed by atoms with E-state index in [-0.39, 0.29) is 27.8 Å². The largest absolute Gasteiger partial charge is 0.494 e. The van der Waals surface area contributed by atoms with Crippen LogP contribution in [-0.4, -0.2) is 69.4 Å². The SMILES string of the molecule is CCN(C(=O)NC(CCC#N)C(F)(F)F)C(c1cc(-c2cn3ccnc3c(OC)n2)c(OC)cn1)C(F)(F)F. The molecule has 1 N–H and O–H groups in total. The predicted molar refractivity (Wildman–Crippen MR) is 124 cm³/mol. The lowest BCUT2D eigenvalue weighted by molar-refractivity contribution is -0.180. The third-order valence-corrected chi connectivity index (χ3v) is 5.66. The highest BCUT2D eigenvalue weighted by Crippen LogP contribution is 2.40. The number of alkyl halides is 6. The first kappa shape index (κ1) is 29.3. The maximum atomic E-state index is 14.4. The molecule has 2 amide bonds. The van der Waals surface area contributed by atoms with Gasteiger partial charge >= 0.3 is 18.4 Å². The third-order valence-electron chi connectivity index (χ3n) is 5.66. The van der Waals surface area contributed by atoms with Crippen LogP contribution in [0.15, 0.2) is 30.9 Å². The summed E-state index contributed by atoms with van der Waals surface area (Å²) >= 11 is 0. The minimum Gasteiger partial charge on any atom is -0.494 e. The Balaban J connectivity index is 2.09. The first-order valence-electron chi connectivity index (χ1n) is 11.3. The summed E-state index contributed by atoms with van der Waals surface area (Å²) in [4.78, 5) is 25.2. The molecule has 16 heteroatoms. The highest BCUT2D eigenvalue weighted by atomic mass is 19.4. The number of nitrogens with one attached hydrogen (secondary N) is 1. The Hall–Kier alpha value is -4.29. The number of fused-ring (bicyclic) bond motifs is 1. The van der Waals surface area contributed by atoms with E-state index < -0.39 is 55.5 Å². The number of ether oxygens (including phenoxy) is 2. The zero-order chi connectivity index (χ0) is 29.0. The number of nitriles is 1. The number of rotatable bonds is 9. The van der Waals surface area contributed by atoms with Gasteiger partial charge in [-0.2, -0.15) is 31.6 Å². The second-order valence-corrected chi connectivity index (χ2v) is 8.07. The van der Waals surface area contributed by atoms with Crippen molar-refractivity contribution in [3.05, 3.63) is 36.5 Å². The van der Waals surface area contributed by atoms with E-state index in [2.05, 4.69) is 15.0 Å². The van der Waals surface area contributed by atoms with E-state index in [9.17, 15) is 31.1 Å². The van der Waals surface area contributed by atoms with Crippen LogP contribution in [0.1, 0.15) is 31.5 Å². The average molecular weight is 559 g/mol. The van der Waals surface area contributed by atoms with Crippen molar-refractivity contribution in [1.29, 1.82) is 5.26 Å². The molecule has 3 aromatic heterocycles. The molecule has 0 radical (unpaired) electrons. The monoisotopic (exact) mass is 559 g/mol. The standard InChI is InChI=1S/C23H23F6N7O3/c1-4-36(21(37)34-17(6-5-7-30)22(24,25)26)18(23(27,28)29)14-10-13(16(38-2)11-32-14)15-12-35-9-8-31-19(35)20(33-15)39-3/h8-12,17-18H,4-6H2,1-3H3,(H,34,37). The number of nitrogens with zero attached hydrogens (tertiary/aromatic N) is 6. The summed E-state index contributed by atoms with van der Waals surface area (Å²) in [6.07, 6.45) is -6.04.